The normalized spacial score (nSPS) is 13.6. The van der Waals surface area contributed by atoms with Crippen LogP contribution >= 0.6 is 15.9 Å². The number of amides is 1. The zero-order valence-corrected chi connectivity index (χ0v) is 12.0. The predicted octanol–water partition coefficient (Wildman–Crippen LogP) is 2.66. The molecule has 98 valence electrons. The quantitative estimate of drug-likeness (QED) is 0.855. The van der Waals surface area contributed by atoms with E-state index in [0.717, 1.165) is 5.56 Å². The Labute approximate surface area is 120 Å². The van der Waals surface area contributed by atoms with Crippen molar-refractivity contribution in [3.63, 3.8) is 0 Å². The smallest absolute Gasteiger partial charge is 0.248 e. The molecule has 1 aromatic carbocycles. The van der Waals surface area contributed by atoms with Crippen molar-refractivity contribution in [3.05, 3.63) is 58.8 Å². The molecule has 2 aromatic rings. The van der Waals surface area contributed by atoms with E-state index >= 15 is 0 Å². The Morgan fingerprint density at radius 3 is 2.53 bits per heavy atom. The van der Waals surface area contributed by atoms with E-state index in [2.05, 4.69) is 26.2 Å². The Balaban J connectivity index is 2.17. The number of carbonyl (C=O) groups excluding carboxylic acids is 1. The number of anilines is 1. The average Bonchev–Trinajstić information content (AvgIpc) is 2.42. The first-order valence-corrected chi connectivity index (χ1v) is 6.57. The van der Waals surface area contributed by atoms with Gasteiger partial charge in [0.25, 0.3) is 0 Å². The summed E-state index contributed by atoms with van der Waals surface area (Å²) in [6.07, 6.45) is 1.57. The number of halogens is 1. The standard InChI is InChI=1S/C14H14BrN3O/c1-14(16,10-5-3-2-4-6-10)13(19)18-11-7-8-12(15)17-9-11/h2-9H,16H2,1H3,(H,18,19). The van der Waals surface area contributed by atoms with E-state index in [1.165, 1.54) is 0 Å². The largest absolute Gasteiger partial charge is 0.323 e. The summed E-state index contributed by atoms with van der Waals surface area (Å²) < 4.78 is 0.712. The van der Waals surface area contributed by atoms with Gasteiger partial charge in [0.05, 0.1) is 11.9 Å². The lowest BCUT2D eigenvalue weighted by Gasteiger charge is -2.24. The molecular weight excluding hydrogens is 306 g/mol. The van der Waals surface area contributed by atoms with Crippen molar-refractivity contribution in [2.24, 2.45) is 5.73 Å². The fourth-order valence-electron chi connectivity index (χ4n) is 1.63. The number of nitrogens with one attached hydrogen (secondary N) is 1. The highest BCUT2D eigenvalue weighted by Crippen LogP contribution is 2.20. The van der Waals surface area contributed by atoms with Gasteiger partial charge < -0.3 is 11.1 Å². The molecular formula is C14H14BrN3O. The van der Waals surface area contributed by atoms with Crippen LogP contribution in [0.15, 0.2) is 53.3 Å². The van der Waals surface area contributed by atoms with Gasteiger partial charge in [0.2, 0.25) is 5.91 Å². The molecule has 0 aliphatic heterocycles. The zero-order chi connectivity index (χ0) is 13.9. The minimum atomic E-state index is -1.09. The summed E-state index contributed by atoms with van der Waals surface area (Å²) in [7, 11) is 0. The average molecular weight is 320 g/mol. The number of hydrogen-bond acceptors (Lipinski definition) is 3. The predicted molar refractivity (Wildman–Crippen MR) is 78.5 cm³/mol. The molecule has 0 spiro atoms. The van der Waals surface area contributed by atoms with Crippen LogP contribution < -0.4 is 11.1 Å². The summed E-state index contributed by atoms with van der Waals surface area (Å²) in [6.45, 7) is 1.68. The van der Waals surface area contributed by atoms with Crippen LogP contribution in [0.3, 0.4) is 0 Å². The van der Waals surface area contributed by atoms with Crippen LogP contribution in [0.2, 0.25) is 0 Å². The number of aromatic nitrogens is 1. The molecule has 0 bridgehead atoms. The Morgan fingerprint density at radius 2 is 1.95 bits per heavy atom. The third kappa shape index (κ3) is 3.19. The maximum Gasteiger partial charge on any atom is 0.248 e. The van der Waals surface area contributed by atoms with Crippen LogP contribution in [-0.4, -0.2) is 10.9 Å². The van der Waals surface area contributed by atoms with Gasteiger partial charge in [-0.3, -0.25) is 4.79 Å². The molecule has 1 aromatic heterocycles. The summed E-state index contributed by atoms with van der Waals surface area (Å²) in [5.41, 5.74) is 6.40. The molecule has 4 nitrogen and oxygen atoms in total. The lowest BCUT2D eigenvalue weighted by Crippen LogP contribution is -2.45. The van der Waals surface area contributed by atoms with Crippen LogP contribution in [-0.2, 0) is 10.3 Å². The Kier molecular flexibility index (Phi) is 3.97. The monoisotopic (exact) mass is 319 g/mol. The van der Waals surface area contributed by atoms with E-state index in [1.54, 1.807) is 25.3 Å². The van der Waals surface area contributed by atoms with Crippen LogP contribution in [0.1, 0.15) is 12.5 Å². The Bertz CT molecular complexity index is 567. The van der Waals surface area contributed by atoms with Crippen molar-refractivity contribution in [1.82, 2.24) is 4.98 Å². The summed E-state index contributed by atoms with van der Waals surface area (Å²) in [5, 5.41) is 2.76. The van der Waals surface area contributed by atoms with E-state index in [9.17, 15) is 4.79 Å². The van der Waals surface area contributed by atoms with Gasteiger partial charge >= 0.3 is 0 Å². The van der Waals surface area contributed by atoms with E-state index in [-0.39, 0.29) is 5.91 Å². The minimum absolute atomic E-state index is 0.275. The molecule has 2 rings (SSSR count). The third-order valence-electron chi connectivity index (χ3n) is 2.83. The number of nitrogens with two attached hydrogens (primary N) is 1. The van der Waals surface area contributed by atoms with Crippen LogP contribution in [0.25, 0.3) is 0 Å². The summed E-state index contributed by atoms with van der Waals surface area (Å²) in [4.78, 5) is 16.3. The molecule has 1 atom stereocenters. The molecule has 0 saturated heterocycles. The summed E-state index contributed by atoms with van der Waals surface area (Å²) in [6, 6.07) is 12.8. The lowest BCUT2D eigenvalue weighted by molar-refractivity contribution is -0.120. The molecule has 1 unspecified atom stereocenters. The first kappa shape index (κ1) is 13.7. The highest BCUT2D eigenvalue weighted by molar-refractivity contribution is 9.10. The number of hydrogen-bond donors (Lipinski definition) is 2. The molecule has 0 fully saturated rings. The van der Waals surface area contributed by atoms with E-state index in [1.807, 2.05) is 30.3 Å². The Morgan fingerprint density at radius 1 is 1.26 bits per heavy atom. The van der Waals surface area contributed by atoms with Gasteiger partial charge in [-0.2, -0.15) is 0 Å². The highest BCUT2D eigenvalue weighted by Gasteiger charge is 2.30. The molecule has 1 heterocycles. The van der Waals surface area contributed by atoms with Gasteiger partial charge in [-0.1, -0.05) is 30.3 Å². The molecule has 1 amide bonds. The van der Waals surface area contributed by atoms with Crippen molar-refractivity contribution >= 4 is 27.5 Å². The molecule has 0 radical (unpaired) electrons. The second-order valence-corrected chi connectivity index (χ2v) is 5.20. The fourth-order valence-corrected chi connectivity index (χ4v) is 1.86. The maximum atomic E-state index is 12.2. The van der Waals surface area contributed by atoms with E-state index in [4.69, 9.17) is 5.73 Å². The van der Waals surface area contributed by atoms with E-state index in [0.29, 0.717) is 10.3 Å². The van der Waals surface area contributed by atoms with Gasteiger partial charge in [0.1, 0.15) is 10.1 Å². The number of rotatable bonds is 3. The number of nitrogens with zero attached hydrogens (tertiary/aromatic N) is 1. The molecule has 5 heteroatoms. The first-order valence-electron chi connectivity index (χ1n) is 5.77. The van der Waals surface area contributed by atoms with Crippen molar-refractivity contribution in [2.45, 2.75) is 12.5 Å². The van der Waals surface area contributed by atoms with Crippen LogP contribution in [0.4, 0.5) is 5.69 Å². The maximum absolute atomic E-state index is 12.2. The van der Waals surface area contributed by atoms with E-state index < -0.39 is 5.54 Å². The first-order chi connectivity index (χ1) is 9.00. The Hall–Kier alpha value is -1.72. The van der Waals surface area contributed by atoms with Crippen molar-refractivity contribution in [2.75, 3.05) is 5.32 Å². The molecule has 3 N–H and O–H groups in total. The lowest BCUT2D eigenvalue weighted by atomic mass is 9.92. The van der Waals surface area contributed by atoms with Crippen molar-refractivity contribution < 1.29 is 4.79 Å². The zero-order valence-electron chi connectivity index (χ0n) is 10.4. The van der Waals surface area contributed by atoms with Gasteiger partial charge in [-0.25, -0.2) is 4.98 Å². The van der Waals surface area contributed by atoms with Gasteiger partial charge in [-0.15, -0.1) is 0 Å². The molecule has 0 aliphatic rings. The van der Waals surface area contributed by atoms with Gasteiger partial charge in [0, 0.05) is 0 Å². The molecule has 0 aliphatic carbocycles. The van der Waals surface area contributed by atoms with Gasteiger partial charge in [-0.05, 0) is 40.5 Å². The minimum Gasteiger partial charge on any atom is -0.323 e. The SMILES string of the molecule is CC(N)(C(=O)Nc1ccc(Br)nc1)c1ccccc1. The second kappa shape index (κ2) is 5.50. The second-order valence-electron chi connectivity index (χ2n) is 4.39. The van der Waals surface area contributed by atoms with Crippen molar-refractivity contribution in [1.29, 1.82) is 0 Å². The number of benzene rings is 1. The topological polar surface area (TPSA) is 68.0 Å². The highest BCUT2D eigenvalue weighted by atomic mass is 79.9. The number of pyridine rings is 1. The number of carbonyl (C=O) groups is 1. The fraction of sp³-hybridized carbons (Fsp3) is 0.143. The summed E-state index contributed by atoms with van der Waals surface area (Å²) in [5.74, 6) is -0.275. The van der Waals surface area contributed by atoms with Gasteiger partial charge in [0.15, 0.2) is 0 Å². The summed E-state index contributed by atoms with van der Waals surface area (Å²) >= 11 is 3.24. The third-order valence-corrected chi connectivity index (χ3v) is 3.30. The van der Waals surface area contributed by atoms with Crippen LogP contribution in [0, 0.1) is 0 Å². The van der Waals surface area contributed by atoms with Crippen molar-refractivity contribution in [3.8, 4) is 0 Å². The van der Waals surface area contributed by atoms with Crippen LogP contribution in [0.5, 0.6) is 0 Å². The molecule has 0 saturated carbocycles. The molecule has 19 heavy (non-hydrogen) atoms.